The number of nitrogens with zero attached hydrogens (tertiary/aromatic N) is 2. The van der Waals surface area contributed by atoms with E-state index in [-0.39, 0.29) is 5.91 Å². The summed E-state index contributed by atoms with van der Waals surface area (Å²) in [4.78, 5) is 21.9. The molecule has 0 aliphatic carbocycles. The van der Waals surface area contributed by atoms with Crippen LogP contribution in [0.15, 0.2) is 66.0 Å². The average molecular weight is 487 g/mol. The van der Waals surface area contributed by atoms with Gasteiger partial charge in [0, 0.05) is 16.6 Å². The number of methoxy groups -OCH3 is 1. The fraction of sp³-hybridized carbons (Fsp3) is 0.115. The van der Waals surface area contributed by atoms with Gasteiger partial charge in [-0.15, -0.1) is 22.7 Å². The summed E-state index contributed by atoms with van der Waals surface area (Å²) in [5.41, 5.74) is 6.20. The third kappa shape index (κ3) is 4.64. The molecule has 0 fully saturated rings. The Labute approximate surface area is 205 Å². The van der Waals surface area contributed by atoms with Gasteiger partial charge in [0.05, 0.1) is 23.0 Å². The molecule has 0 radical (unpaired) electrons. The number of hydrogen-bond donors (Lipinski definition) is 2. The normalized spacial score (nSPS) is 10.9. The number of thiazole rings is 2. The van der Waals surface area contributed by atoms with Crippen LogP contribution in [-0.2, 0) is 0 Å². The minimum Gasteiger partial charge on any atom is -0.495 e. The highest BCUT2D eigenvalue weighted by atomic mass is 32.1. The molecule has 0 saturated heterocycles. The third-order valence-corrected chi connectivity index (χ3v) is 7.09. The highest BCUT2D eigenvalue weighted by Crippen LogP contribution is 2.32. The summed E-state index contributed by atoms with van der Waals surface area (Å²) >= 11 is 3.03. The van der Waals surface area contributed by atoms with Crippen LogP contribution in [0.3, 0.4) is 0 Å². The number of ether oxygens (including phenoxy) is 1. The number of carbonyl (C=O) groups excluding carboxylic acids is 1. The first-order valence-corrected chi connectivity index (χ1v) is 12.3. The highest BCUT2D eigenvalue weighted by Gasteiger charge is 2.13. The smallest absolute Gasteiger partial charge is 0.275 e. The zero-order valence-corrected chi connectivity index (χ0v) is 20.5. The SMILES string of the molecule is COc1ccc(C)cc1Nc1nc(C(=O)Nc2ccc(-c3nc4ccc(C)cc4s3)cc2)cs1. The molecule has 5 rings (SSSR count). The number of aryl methyl sites for hydroxylation is 2. The first-order valence-electron chi connectivity index (χ1n) is 10.6. The van der Waals surface area contributed by atoms with E-state index in [9.17, 15) is 4.79 Å². The van der Waals surface area contributed by atoms with Crippen LogP contribution in [0, 0.1) is 13.8 Å². The minimum atomic E-state index is -0.260. The third-order valence-electron chi connectivity index (χ3n) is 5.27. The number of anilines is 3. The summed E-state index contributed by atoms with van der Waals surface area (Å²) in [7, 11) is 1.62. The molecule has 0 aliphatic heterocycles. The van der Waals surface area contributed by atoms with Crippen molar-refractivity contribution in [3.8, 4) is 16.3 Å². The maximum Gasteiger partial charge on any atom is 0.275 e. The fourth-order valence-corrected chi connectivity index (χ4v) is 5.29. The Morgan fingerprint density at radius 3 is 2.50 bits per heavy atom. The monoisotopic (exact) mass is 486 g/mol. The number of nitrogens with one attached hydrogen (secondary N) is 2. The molecule has 2 aromatic heterocycles. The van der Waals surface area contributed by atoms with Gasteiger partial charge >= 0.3 is 0 Å². The van der Waals surface area contributed by atoms with Crippen molar-refractivity contribution in [2.24, 2.45) is 0 Å². The van der Waals surface area contributed by atoms with E-state index in [1.165, 1.54) is 21.6 Å². The van der Waals surface area contributed by atoms with E-state index in [0.29, 0.717) is 16.5 Å². The Kier molecular flexibility index (Phi) is 6.00. The molecule has 8 heteroatoms. The first-order chi connectivity index (χ1) is 16.5. The maximum atomic E-state index is 12.7. The molecule has 6 nitrogen and oxygen atoms in total. The standard InChI is InChI=1S/C26H22N4O2S2/c1-15-5-11-22(32-3)20(12-15)29-26-30-21(14-33-26)24(31)27-18-8-6-17(7-9-18)25-28-19-10-4-16(2)13-23(19)34-25/h4-14H,1-3H3,(H,27,31)(H,29,30). The molecule has 0 bridgehead atoms. The summed E-state index contributed by atoms with van der Waals surface area (Å²) in [5, 5.41) is 9.47. The second-order valence-corrected chi connectivity index (χ2v) is 9.78. The molecule has 170 valence electrons. The van der Waals surface area contributed by atoms with Gasteiger partial charge in [-0.2, -0.15) is 0 Å². The van der Waals surface area contributed by atoms with E-state index >= 15 is 0 Å². The van der Waals surface area contributed by atoms with Crippen molar-refractivity contribution in [2.45, 2.75) is 13.8 Å². The molecule has 1 amide bonds. The number of hydrogen-bond acceptors (Lipinski definition) is 7. The van der Waals surface area contributed by atoms with Gasteiger partial charge in [-0.1, -0.05) is 12.1 Å². The van der Waals surface area contributed by atoms with E-state index < -0.39 is 0 Å². The van der Waals surface area contributed by atoms with Crippen LogP contribution in [0.5, 0.6) is 5.75 Å². The molecule has 34 heavy (non-hydrogen) atoms. The van der Waals surface area contributed by atoms with E-state index in [1.54, 1.807) is 23.8 Å². The molecule has 0 spiro atoms. The number of rotatable bonds is 6. The van der Waals surface area contributed by atoms with Crippen molar-refractivity contribution >= 4 is 55.3 Å². The van der Waals surface area contributed by atoms with Crippen molar-refractivity contribution < 1.29 is 9.53 Å². The van der Waals surface area contributed by atoms with Gasteiger partial charge in [0.2, 0.25) is 0 Å². The summed E-state index contributed by atoms with van der Waals surface area (Å²) in [5.74, 6) is 0.457. The predicted molar refractivity (Wildman–Crippen MR) is 141 cm³/mol. The van der Waals surface area contributed by atoms with Gasteiger partial charge in [-0.25, -0.2) is 9.97 Å². The van der Waals surface area contributed by atoms with Crippen LogP contribution in [0.25, 0.3) is 20.8 Å². The summed E-state index contributed by atoms with van der Waals surface area (Å²) in [6.45, 7) is 4.09. The number of benzene rings is 3. The molecular formula is C26H22N4O2S2. The van der Waals surface area contributed by atoms with Crippen molar-refractivity contribution in [1.29, 1.82) is 0 Å². The van der Waals surface area contributed by atoms with Gasteiger partial charge in [0.25, 0.3) is 5.91 Å². The number of amides is 1. The lowest BCUT2D eigenvalue weighted by Gasteiger charge is -2.09. The van der Waals surface area contributed by atoms with Gasteiger partial charge in [0.15, 0.2) is 5.13 Å². The van der Waals surface area contributed by atoms with Crippen LogP contribution < -0.4 is 15.4 Å². The number of aromatic nitrogens is 2. The second-order valence-electron chi connectivity index (χ2n) is 7.89. The van der Waals surface area contributed by atoms with E-state index in [1.807, 2.05) is 55.5 Å². The van der Waals surface area contributed by atoms with E-state index in [0.717, 1.165) is 33.1 Å². The Hall–Kier alpha value is -3.75. The molecular weight excluding hydrogens is 464 g/mol. The summed E-state index contributed by atoms with van der Waals surface area (Å²) < 4.78 is 6.57. The molecule has 3 aromatic carbocycles. The lowest BCUT2D eigenvalue weighted by Crippen LogP contribution is -2.12. The zero-order chi connectivity index (χ0) is 23.7. The van der Waals surface area contributed by atoms with Crippen LogP contribution in [0.2, 0.25) is 0 Å². The number of fused-ring (bicyclic) bond motifs is 1. The van der Waals surface area contributed by atoms with Crippen molar-refractivity contribution in [3.05, 3.63) is 82.9 Å². The van der Waals surface area contributed by atoms with Crippen molar-refractivity contribution in [1.82, 2.24) is 9.97 Å². The quantitative estimate of drug-likeness (QED) is 0.269. The highest BCUT2D eigenvalue weighted by molar-refractivity contribution is 7.21. The van der Waals surface area contributed by atoms with Crippen LogP contribution in [0.1, 0.15) is 21.6 Å². The largest absolute Gasteiger partial charge is 0.495 e. The maximum absolute atomic E-state index is 12.7. The molecule has 0 unspecified atom stereocenters. The van der Waals surface area contributed by atoms with Crippen LogP contribution in [0.4, 0.5) is 16.5 Å². The average Bonchev–Trinajstić information content (AvgIpc) is 3.47. The van der Waals surface area contributed by atoms with Gasteiger partial charge in [-0.05, 0) is 73.5 Å². The Morgan fingerprint density at radius 2 is 1.71 bits per heavy atom. The molecule has 0 atom stereocenters. The Morgan fingerprint density at radius 1 is 0.941 bits per heavy atom. The Balaban J connectivity index is 1.27. The lowest BCUT2D eigenvalue weighted by molar-refractivity contribution is 0.102. The minimum absolute atomic E-state index is 0.260. The van der Waals surface area contributed by atoms with Crippen LogP contribution >= 0.6 is 22.7 Å². The zero-order valence-electron chi connectivity index (χ0n) is 18.9. The summed E-state index contributed by atoms with van der Waals surface area (Å²) in [6, 6.07) is 19.8. The predicted octanol–water partition coefficient (Wildman–Crippen LogP) is 7.04. The van der Waals surface area contributed by atoms with Crippen molar-refractivity contribution in [3.63, 3.8) is 0 Å². The second kappa shape index (κ2) is 9.24. The fourth-order valence-electron chi connectivity index (χ4n) is 3.52. The molecule has 2 heterocycles. The number of carbonyl (C=O) groups is 1. The van der Waals surface area contributed by atoms with E-state index in [4.69, 9.17) is 9.72 Å². The topological polar surface area (TPSA) is 76.1 Å². The van der Waals surface area contributed by atoms with Crippen LogP contribution in [-0.4, -0.2) is 23.0 Å². The molecule has 2 N–H and O–H groups in total. The molecule has 0 aliphatic rings. The van der Waals surface area contributed by atoms with Crippen molar-refractivity contribution in [2.75, 3.05) is 17.7 Å². The molecule has 0 saturated carbocycles. The van der Waals surface area contributed by atoms with Gasteiger partial charge < -0.3 is 15.4 Å². The Bertz CT molecular complexity index is 1490. The molecule has 5 aromatic rings. The summed E-state index contributed by atoms with van der Waals surface area (Å²) in [6.07, 6.45) is 0. The first kappa shape index (κ1) is 22.1. The van der Waals surface area contributed by atoms with Gasteiger partial charge in [0.1, 0.15) is 16.5 Å². The van der Waals surface area contributed by atoms with Gasteiger partial charge in [-0.3, -0.25) is 4.79 Å². The van der Waals surface area contributed by atoms with E-state index in [2.05, 4.69) is 34.7 Å². The lowest BCUT2D eigenvalue weighted by atomic mass is 10.2.